The Morgan fingerprint density at radius 1 is 1.00 bits per heavy atom. The van der Waals surface area contributed by atoms with Gasteiger partial charge in [-0.2, -0.15) is 0 Å². The van der Waals surface area contributed by atoms with Crippen molar-refractivity contribution in [3.63, 3.8) is 0 Å². The van der Waals surface area contributed by atoms with E-state index in [-0.39, 0.29) is 17.2 Å². The molecule has 0 spiro atoms. The lowest BCUT2D eigenvalue weighted by atomic mass is 10.2. The van der Waals surface area contributed by atoms with Crippen molar-refractivity contribution < 1.29 is 9.53 Å². The van der Waals surface area contributed by atoms with E-state index in [0.29, 0.717) is 29.1 Å². The molecule has 0 aliphatic heterocycles. The van der Waals surface area contributed by atoms with Crippen LogP contribution in [0.2, 0.25) is 0 Å². The number of methoxy groups -OCH3 is 1. The maximum Gasteiger partial charge on any atom is 0.262 e. The SMILES string of the molecule is COc1cccc(CNC(=O)CSc2nc3ccccc3c(=O)n2Cc2ccccc2)c1. The fourth-order valence-corrected chi connectivity index (χ4v) is 4.16. The summed E-state index contributed by atoms with van der Waals surface area (Å²) < 4.78 is 6.85. The molecule has 0 aliphatic carbocycles. The van der Waals surface area contributed by atoms with Crippen LogP contribution in [0.5, 0.6) is 5.75 Å². The number of thioether (sulfide) groups is 1. The minimum Gasteiger partial charge on any atom is -0.497 e. The van der Waals surface area contributed by atoms with Gasteiger partial charge >= 0.3 is 0 Å². The first-order valence-corrected chi connectivity index (χ1v) is 11.2. The lowest BCUT2D eigenvalue weighted by Crippen LogP contribution is -2.27. The Kier molecular flexibility index (Phi) is 6.87. The smallest absolute Gasteiger partial charge is 0.262 e. The predicted octanol–water partition coefficient (Wildman–Crippen LogP) is 3.86. The van der Waals surface area contributed by atoms with E-state index >= 15 is 0 Å². The molecule has 4 aromatic rings. The molecule has 162 valence electrons. The number of nitrogens with one attached hydrogen (secondary N) is 1. The molecule has 0 fully saturated rings. The van der Waals surface area contributed by atoms with Crippen molar-refractivity contribution in [2.75, 3.05) is 12.9 Å². The monoisotopic (exact) mass is 445 g/mol. The number of hydrogen-bond acceptors (Lipinski definition) is 5. The number of aromatic nitrogens is 2. The first-order valence-electron chi connectivity index (χ1n) is 10.2. The highest BCUT2D eigenvalue weighted by atomic mass is 32.2. The number of nitrogens with zero attached hydrogens (tertiary/aromatic N) is 2. The average Bonchev–Trinajstić information content (AvgIpc) is 2.84. The second kappa shape index (κ2) is 10.2. The van der Waals surface area contributed by atoms with Gasteiger partial charge in [-0.3, -0.25) is 14.2 Å². The summed E-state index contributed by atoms with van der Waals surface area (Å²) in [6.07, 6.45) is 0. The molecule has 1 heterocycles. The zero-order valence-electron chi connectivity index (χ0n) is 17.7. The molecule has 1 aromatic heterocycles. The summed E-state index contributed by atoms with van der Waals surface area (Å²) in [5.74, 6) is 0.770. The van der Waals surface area contributed by atoms with Crippen molar-refractivity contribution in [3.05, 3.63) is 100 Å². The van der Waals surface area contributed by atoms with Gasteiger partial charge in [0.25, 0.3) is 5.56 Å². The molecule has 0 saturated carbocycles. The summed E-state index contributed by atoms with van der Waals surface area (Å²) in [7, 11) is 1.61. The number of fused-ring (bicyclic) bond motifs is 1. The van der Waals surface area contributed by atoms with Crippen molar-refractivity contribution >= 4 is 28.6 Å². The molecule has 1 N–H and O–H groups in total. The van der Waals surface area contributed by atoms with E-state index in [1.54, 1.807) is 17.7 Å². The number of carbonyl (C=O) groups excluding carboxylic acids is 1. The number of hydrogen-bond donors (Lipinski definition) is 1. The third-order valence-electron chi connectivity index (χ3n) is 4.97. The number of carbonyl (C=O) groups is 1. The van der Waals surface area contributed by atoms with E-state index in [4.69, 9.17) is 4.74 Å². The van der Waals surface area contributed by atoms with E-state index in [2.05, 4.69) is 10.3 Å². The van der Waals surface area contributed by atoms with Gasteiger partial charge in [-0.05, 0) is 35.4 Å². The molecule has 0 bridgehead atoms. The molecule has 0 atom stereocenters. The highest BCUT2D eigenvalue weighted by Gasteiger charge is 2.14. The van der Waals surface area contributed by atoms with Crippen LogP contribution in [0.1, 0.15) is 11.1 Å². The maximum atomic E-state index is 13.2. The van der Waals surface area contributed by atoms with Crippen molar-refractivity contribution in [1.82, 2.24) is 14.9 Å². The van der Waals surface area contributed by atoms with Crippen molar-refractivity contribution in [1.29, 1.82) is 0 Å². The number of ether oxygens (including phenoxy) is 1. The highest BCUT2D eigenvalue weighted by molar-refractivity contribution is 7.99. The van der Waals surface area contributed by atoms with Crippen LogP contribution in [0.15, 0.2) is 88.8 Å². The maximum absolute atomic E-state index is 13.2. The quantitative estimate of drug-likeness (QED) is 0.329. The molecule has 0 radical (unpaired) electrons. The van der Waals surface area contributed by atoms with Crippen LogP contribution in [-0.4, -0.2) is 28.3 Å². The Labute approximate surface area is 190 Å². The molecule has 3 aromatic carbocycles. The van der Waals surface area contributed by atoms with Crippen molar-refractivity contribution in [2.45, 2.75) is 18.2 Å². The van der Waals surface area contributed by atoms with E-state index in [1.165, 1.54) is 11.8 Å². The van der Waals surface area contributed by atoms with Crippen LogP contribution in [0.3, 0.4) is 0 Å². The first kappa shape index (κ1) is 21.6. The predicted molar refractivity (Wildman–Crippen MR) is 127 cm³/mol. The average molecular weight is 446 g/mol. The van der Waals surface area contributed by atoms with Crippen LogP contribution in [0.25, 0.3) is 10.9 Å². The summed E-state index contributed by atoms with van der Waals surface area (Å²) in [5.41, 5.74) is 2.46. The molecular weight excluding hydrogens is 422 g/mol. The highest BCUT2D eigenvalue weighted by Crippen LogP contribution is 2.19. The minimum atomic E-state index is -0.133. The molecule has 0 saturated heterocycles. The van der Waals surface area contributed by atoms with Gasteiger partial charge < -0.3 is 10.1 Å². The summed E-state index contributed by atoms with van der Waals surface area (Å²) in [5, 5.41) is 4.00. The summed E-state index contributed by atoms with van der Waals surface area (Å²) in [6.45, 7) is 0.795. The normalized spacial score (nSPS) is 10.8. The Balaban J connectivity index is 1.51. The fourth-order valence-electron chi connectivity index (χ4n) is 3.33. The van der Waals surface area contributed by atoms with E-state index in [9.17, 15) is 9.59 Å². The van der Waals surface area contributed by atoms with E-state index < -0.39 is 0 Å². The Hall–Kier alpha value is -3.58. The van der Waals surface area contributed by atoms with Gasteiger partial charge in [0.05, 0.1) is 30.3 Å². The Morgan fingerprint density at radius 3 is 2.56 bits per heavy atom. The van der Waals surface area contributed by atoms with Crippen LogP contribution in [-0.2, 0) is 17.9 Å². The van der Waals surface area contributed by atoms with Crippen molar-refractivity contribution in [3.8, 4) is 5.75 Å². The van der Waals surface area contributed by atoms with Crippen LogP contribution in [0, 0.1) is 0 Å². The molecule has 32 heavy (non-hydrogen) atoms. The van der Waals surface area contributed by atoms with Gasteiger partial charge in [0, 0.05) is 6.54 Å². The second-order valence-corrected chi connectivity index (χ2v) is 8.15. The zero-order chi connectivity index (χ0) is 22.3. The lowest BCUT2D eigenvalue weighted by Gasteiger charge is -2.13. The van der Waals surface area contributed by atoms with E-state index in [0.717, 1.165) is 16.9 Å². The van der Waals surface area contributed by atoms with Gasteiger partial charge in [0.2, 0.25) is 5.91 Å². The van der Waals surface area contributed by atoms with Crippen LogP contribution < -0.4 is 15.6 Å². The molecule has 4 rings (SSSR count). The summed E-state index contributed by atoms with van der Waals surface area (Å²) in [6, 6.07) is 24.6. The van der Waals surface area contributed by atoms with Gasteiger partial charge in [-0.15, -0.1) is 0 Å². The van der Waals surface area contributed by atoms with E-state index in [1.807, 2.05) is 72.8 Å². The second-order valence-electron chi connectivity index (χ2n) is 7.21. The molecule has 6 nitrogen and oxygen atoms in total. The summed E-state index contributed by atoms with van der Waals surface area (Å²) in [4.78, 5) is 30.3. The lowest BCUT2D eigenvalue weighted by molar-refractivity contribution is -0.118. The largest absolute Gasteiger partial charge is 0.497 e. The Morgan fingerprint density at radius 2 is 1.75 bits per heavy atom. The third kappa shape index (κ3) is 5.18. The van der Waals surface area contributed by atoms with Gasteiger partial charge in [-0.25, -0.2) is 4.98 Å². The number of benzene rings is 3. The summed E-state index contributed by atoms with van der Waals surface area (Å²) >= 11 is 1.26. The standard InChI is InChI=1S/C25H23N3O3S/c1-31-20-11-7-10-19(14-20)15-26-23(29)17-32-25-27-22-13-6-5-12-21(22)24(30)28(25)16-18-8-3-2-4-9-18/h2-14H,15-17H2,1H3,(H,26,29). The zero-order valence-corrected chi connectivity index (χ0v) is 18.5. The fraction of sp³-hybridized carbons (Fsp3) is 0.160. The molecular formula is C25H23N3O3S. The first-order chi connectivity index (χ1) is 15.6. The van der Waals surface area contributed by atoms with Gasteiger partial charge in [0.1, 0.15) is 5.75 Å². The molecule has 0 aliphatic rings. The van der Waals surface area contributed by atoms with Crippen molar-refractivity contribution in [2.24, 2.45) is 0 Å². The number of rotatable bonds is 8. The van der Waals surface area contributed by atoms with Gasteiger partial charge in [0.15, 0.2) is 5.16 Å². The Bertz CT molecular complexity index is 1290. The molecule has 1 amide bonds. The number of para-hydroxylation sites is 1. The van der Waals surface area contributed by atoms with Crippen LogP contribution in [0.4, 0.5) is 0 Å². The molecule has 0 unspecified atom stereocenters. The topological polar surface area (TPSA) is 73.2 Å². The third-order valence-corrected chi connectivity index (χ3v) is 5.94. The van der Waals surface area contributed by atoms with Gasteiger partial charge in [-0.1, -0.05) is 66.4 Å². The van der Waals surface area contributed by atoms with Crippen LogP contribution >= 0.6 is 11.8 Å². The number of amides is 1. The minimum absolute atomic E-state index is 0.112. The molecule has 7 heteroatoms.